The molecule has 0 aromatic carbocycles. The highest BCUT2D eigenvalue weighted by Gasteiger charge is 2.16. The molecule has 4 N–H and O–H groups in total. The first kappa shape index (κ1) is 13.0. The summed E-state index contributed by atoms with van der Waals surface area (Å²) in [4.78, 5) is 3.90. The number of rotatable bonds is 4. The van der Waals surface area contributed by atoms with E-state index in [2.05, 4.69) is 34.3 Å². The average molecular weight is 306 g/mol. The smallest absolute Gasteiger partial charge is 0.0532 e. The van der Waals surface area contributed by atoms with E-state index in [0.717, 1.165) is 0 Å². The van der Waals surface area contributed by atoms with E-state index in [9.17, 15) is 0 Å². The highest BCUT2D eigenvalue weighted by Crippen LogP contribution is 2.43. The minimum Gasteiger partial charge on any atom is -0.326 e. The molecule has 2 nitrogen and oxygen atoms in total. The fraction of sp³-hybridized carbons (Fsp3) is 0.143. The molecule has 98 valence electrons. The van der Waals surface area contributed by atoms with E-state index in [1.54, 1.807) is 34.0 Å². The van der Waals surface area contributed by atoms with Crippen molar-refractivity contribution in [2.45, 2.75) is 13.1 Å². The second kappa shape index (κ2) is 5.56. The summed E-state index contributed by atoms with van der Waals surface area (Å²) in [5.74, 6) is 0. The summed E-state index contributed by atoms with van der Waals surface area (Å²) in [5.41, 5.74) is 15.4. The summed E-state index contributed by atoms with van der Waals surface area (Å²) >= 11 is 5.30. The zero-order valence-electron chi connectivity index (χ0n) is 10.3. The molecular weight excluding hydrogens is 292 g/mol. The van der Waals surface area contributed by atoms with Gasteiger partial charge < -0.3 is 11.5 Å². The first-order valence-corrected chi connectivity index (χ1v) is 8.60. The molecule has 0 aliphatic heterocycles. The third-order valence-electron chi connectivity index (χ3n) is 3.06. The van der Waals surface area contributed by atoms with E-state index in [1.807, 2.05) is 0 Å². The van der Waals surface area contributed by atoms with E-state index < -0.39 is 0 Å². The molecule has 0 atom stereocenters. The maximum absolute atomic E-state index is 5.90. The van der Waals surface area contributed by atoms with Gasteiger partial charge >= 0.3 is 0 Å². The maximum Gasteiger partial charge on any atom is 0.0532 e. The van der Waals surface area contributed by atoms with Gasteiger partial charge in [-0.05, 0) is 39.4 Å². The molecule has 3 rings (SSSR count). The quantitative estimate of drug-likeness (QED) is 0.761. The Balaban J connectivity index is 2.13. The molecule has 0 bridgehead atoms. The molecule has 3 heterocycles. The normalized spacial score (nSPS) is 11.1. The van der Waals surface area contributed by atoms with E-state index >= 15 is 0 Å². The Morgan fingerprint density at radius 1 is 0.895 bits per heavy atom. The van der Waals surface area contributed by atoms with Crippen LogP contribution in [0.2, 0.25) is 0 Å². The standard InChI is InChI=1S/C14H14N2S3/c15-6-9-8-19-14(11(9)7-16)13-10(3-5-18-13)12-2-1-4-17-12/h1-5,8H,6-7,15-16H2. The molecule has 0 spiro atoms. The van der Waals surface area contributed by atoms with Gasteiger partial charge in [-0.1, -0.05) is 6.07 Å². The van der Waals surface area contributed by atoms with E-state index in [-0.39, 0.29) is 0 Å². The van der Waals surface area contributed by atoms with Crippen LogP contribution in [0.1, 0.15) is 11.1 Å². The zero-order chi connectivity index (χ0) is 13.2. The zero-order valence-corrected chi connectivity index (χ0v) is 12.7. The predicted molar refractivity (Wildman–Crippen MR) is 86.7 cm³/mol. The Morgan fingerprint density at radius 3 is 2.47 bits per heavy atom. The molecule has 0 amide bonds. The fourth-order valence-electron chi connectivity index (χ4n) is 2.11. The van der Waals surface area contributed by atoms with Crippen molar-refractivity contribution in [3.8, 4) is 20.2 Å². The highest BCUT2D eigenvalue weighted by molar-refractivity contribution is 7.21. The molecule has 0 fully saturated rings. The van der Waals surface area contributed by atoms with Gasteiger partial charge in [0.2, 0.25) is 0 Å². The number of hydrogen-bond donors (Lipinski definition) is 2. The fourth-order valence-corrected chi connectivity index (χ4v) is 5.17. The lowest BCUT2D eigenvalue weighted by molar-refractivity contribution is 0.996. The molecule has 0 saturated heterocycles. The topological polar surface area (TPSA) is 52.0 Å². The molecule has 3 aromatic heterocycles. The van der Waals surface area contributed by atoms with Gasteiger partial charge in [-0.15, -0.1) is 34.0 Å². The largest absolute Gasteiger partial charge is 0.326 e. The third-order valence-corrected chi connectivity index (χ3v) is 6.12. The van der Waals surface area contributed by atoms with Crippen molar-refractivity contribution in [3.63, 3.8) is 0 Å². The Kier molecular flexibility index (Phi) is 3.81. The second-order valence-electron chi connectivity index (χ2n) is 4.12. The van der Waals surface area contributed by atoms with Crippen molar-refractivity contribution in [2.75, 3.05) is 0 Å². The molecule has 5 heteroatoms. The van der Waals surface area contributed by atoms with Crippen molar-refractivity contribution >= 4 is 34.0 Å². The number of hydrogen-bond acceptors (Lipinski definition) is 5. The van der Waals surface area contributed by atoms with E-state index in [0.29, 0.717) is 13.1 Å². The van der Waals surface area contributed by atoms with Gasteiger partial charge in [0.25, 0.3) is 0 Å². The van der Waals surface area contributed by atoms with Crippen molar-refractivity contribution in [1.29, 1.82) is 0 Å². The average Bonchev–Trinajstić information content (AvgIpc) is 3.16. The van der Waals surface area contributed by atoms with Gasteiger partial charge in [-0.2, -0.15) is 0 Å². The summed E-state index contributed by atoms with van der Waals surface area (Å²) in [6, 6.07) is 6.44. The highest BCUT2D eigenvalue weighted by atomic mass is 32.1. The monoisotopic (exact) mass is 306 g/mol. The molecule has 3 aromatic rings. The second-order valence-corrected chi connectivity index (χ2v) is 6.86. The van der Waals surface area contributed by atoms with Gasteiger partial charge in [0, 0.05) is 28.4 Å². The van der Waals surface area contributed by atoms with Crippen LogP contribution in [0, 0.1) is 0 Å². The lowest BCUT2D eigenvalue weighted by Gasteiger charge is -2.04. The first-order chi connectivity index (χ1) is 9.35. The molecular formula is C14H14N2S3. The summed E-state index contributed by atoms with van der Waals surface area (Å²) in [5, 5.41) is 6.39. The summed E-state index contributed by atoms with van der Waals surface area (Å²) in [7, 11) is 0. The van der Waals surface area contributed by atoms with Gasteiger partial charge in [0.05, 0.1) is 4.88 Å². The van der Waals surface area contributed by atoms with Gasteiger partial charge in [0.1, 0.15) is 0 Å². The van der Waals surface area contributed by atoms with Gasteiger partial charge in [-0.3, -0.25) is 0 Å². The minimum atomic E-state index is 0.549. The first-order valence-electron chi connectivity index (χ1n) is 5.96. The van der Waals surface area contributed by atoms with Crippen LogP contribution in [0.25, 0.3) is 20.2 Å². The Bertz CT molecular complexity index is 665. The molecule has 0 saturated carbocycles. The Hall–Kier alpha value is -0.980. The van der Waals surface area contributed by atoms with Crippen molar-refractivity contribution in [1.82, 2.24) is 0 Å². The third kappa shape index (κ3) is 2.28. The van der Waals surface area contributed by atoms with Crippen LogP contribution in [0.15, 0.2) is 34.3 Å². The molecule has 0 aliphatic rings. The number of nitrogens with two attached hydrogens (primary N) is 2. The maximum atomic E-state index is 5.90. The Labute approximate surface area is 124 Å². The summed E-state index contributed by atoms with van der Waals surface area (Å²) < 4.78 is 0. The lowest BCUT2D eigenvalue weighted by Crippen LogP contribution is -2.03. The SMILES string of the molecule is NCc1csc(-c2sccc2-c2cccs2)c1CN. The van der Waals surface area contributed by atoms with Gasteiger partial charge in [0.15, 0.2) is 0 Å². The van der Waals surface area contributed by atoms with Crippen LogP contribution in [0.4, 0.5) is 0 Å². The van der Waals surface area contributed by atoms with E-state index in [1.165, 1.54) is 31.3 Å². The number of thiophene rings is 3. The molecule has 0 unspecified atom stereocenters. The van der Waals surface area contributed by atoms with Crippen LogP contribution < -0.4 is 11.5 Å². The van der Waals surface area contributed by atoms with Crippen LogP contribution in [0.3, 0.4) is 0 Å². The van der Waals surface area contributed by atoms with Crippen LogP contribution >= 0.6 is 34.0 Å². The van der Waals surface area contributed by atoms with Crippen molar-refractivity contribution in [3.05, 3.63) is 45.5 Å². The lowest BCUT2D eigenvalue weighted by atomic mass is 10.1. The van der Waals surface area contributed by atoms with Crippen LogP contribution in [-0.2, 0) is 13.1 Å². The minimum absolute atomic E-state index is 0.549. The van der Waals surface area contributed by atoms with Crippen molar-refractivity contribution in [2.24, 2.45) is 11.5 Å². The van der Waals surface area contributed by atoms with E-state index in [4.69, 9.17) is 11.5 Å². The molecule has 0 aliphatic carbocycles. The molecule has 0 radical (unpaired) electrons. The predicted octanol–water partition coefficient (Wildman–Crippen LogP) is 4.12. The van der Waals surface area contributed by atoms with Crippen LogP contribution in [0.5, 0.6) is 0 Å². The summed E-state index contributed by atoms with van der Waals surface area (Å²) in [6.45, 7) is 1.11. The Morgan fingerprint density at radius 2 is 1.79 bits per heavy atom. The summed E-state index contributed by atoms with van der Waals surface area (Å²) in [6.07, 6.45) is 0. The van der Waals surface area contributed by atoms with Crippen LogP contribution in [-0.4, -0.2) is 0 Å². The molecule has 19 heavy (non-hydrogen) atoms. The van der Waals surface area contributed by atoms with Gasteiger partial charge in [-0.25, -0.2) is 0 Å². The van der Waals surface area contributed by atoms with Crippen molar-refractivity contribution < 1.29 is 0 Å².